The molecule has 5 rings (SSSR count). The molecule has 0 saturated carbocycles. The number of nitrogens with one attached hydrogen (secondary N) is 1. The van der Waals surface area contributed by atoms with Crippen molar-refractivity contribution in [3.8, 4) is 0 Å². The van der Waals surface area contributed by atoms with E-state index in [9.17, 15) is 4.79 Å². The van der Waals surface area contributed by atoms with Crippen LogP contribution in [0.1, 0.15) is 11.3 Å². The lowest BCUT2D eigenvalue weighted by Gasteiger charge is -2.24. The zero-order valence-corrected chi connectivity index (χ0v) is 20.6. The minimum atomic E-state index is -2.42. The molecule has 1 heterocycles. The summed E-state index contributed by atoms with van der Waals surface area (Å²) in [5, 5.41) is 7.44. The van der Waals surface area contributed by atoms with Gasteiger partial charge in [-0.1, -0.05) is 121 Å². The molecule has 0 bridgehead atoms. The fraction of sp³-hybridized carbons (Fsp3) is 0.0690. The van der Waals surface area contributed by atoms with E-state index in [-0.39, 0.29) is 6.03 Å². The first-order chi connectivity index (χ1) is 16.6. The van der Waals surface area contributed by atoms with E-state index in [0.29, 0.717) is 6.54 Å². The smallest absolute Gasteiger partial charge is 0.326 e. The highest BCUT2D eigenvalue weighted by molar-refractivity contribution is 8.25. The Hall–Kier alpha value is -3.46. The van der Waals surface area contributed by atoms with Crippen molar-refractivity contribution in [2.75, 3.05) is 0 Å². The van der Waals surface area contributed by atoms with Crippen LogP contribution in [0.5, 0.6) is 0 Å². The third kappa shape index (κ3) is 3.90. The molecule has 168 valence electrons. The van der Waals surface area contributed by atoms with Gasteiger partial charge >= 0.3 is 6.03 Å². The third-order valence-corrected chi connectivity index (χ3v) is 11.2. The molecule has 0 unspecified atom stereocenters. The van der Waals surface area contributed by atoms with E-state index in [4.69, 9.17) is 11.8 Å². The Morgan fingerprint density at radius 1 is 0.765 bits per heavy atom. The number of hydrogen-bond acceptors (Lipinski definition) is 2. The van der Waals surface area contributed by atoms with Crippen molar-refractivity contribution < 1.29 is 4.79 Å². The second-order valence-electron chi connectivity index (χ2n) is 8.21. The van der Waals surface area contributed by atoms with Crippen LogP contribution in [0.25, 0.3) is 10.9 Å². The Morgan fingerprint density at radius 3 is 1.85 bits per heavy atom. The number of fused-ring (bicyclic) bond motifs is 1. The molecule has 1 N–H and O–H groups in total. The van der Waals surface area contributed by atoms with Gasteiger partial charge in [0.15, 0.2) is 0 Å². The molecule has 0 aliphatic rings. The van der Waals surface area contributed by atoms with E-state index in [1.807, 2.05) is 91.9 Å². The topological polar surface area (TPSA) is 34.0 Å². The number of carbonyl (C=O) groups excluding carboxylic acids is 1. The first kappa shape index (κ1) is 22.3. The van der Waals surface area contributed by atoms with Crippen molar-refractivity contribution >= 4 is 50.7 Å². The van der Waals surface area contributed by atoms with Crippen LogP contribution < -0.4 is 21.2 Å². The highest BCUT2D eigenvalue weighted by atomic mass is 32.4. The maximum absolute atomic E-state index is 13.5. The van der Waals surface area contributed by atoms with Crippen LogP contribution in [0.2, 0.25) is 0 Å². The Balaban J connectivity index is 1.70. The average Bonchev–Trinajstić information content (AvgIpc) is 3.20. The van der Waals surface area contributed by atoms with Gasteiger partial charge in [0, 0.05) is 29.0 Å². The van der Waals surface area contributed by atoms with Gasteiger partial charge in [-0.15, -0.1) is 0 Å². The maximum atomic E-state index is 13.5. The Bertz CT molecular complexity index is 1450. The maximum Gasteiger partial charge on any atom is 0.326 e. The van der Waals surface area contributed by atoms with Crippen LogP contribution in [-0.2, 0) is 18.4 Å². The van der Waals surface area contributed by atoms with Crippen molar-refractivity contribution in [2.45, 2.75) is 13.5 Å². The molecule has 0 saturated heterocycles. The molecule has 5 heteroatoms. The third-order valence-electron chi connectivity index (χ3n) is 6.12. The van der Waals surface area contributed by atoms with Crippen molar-refractivity contribution in [1.82, 2.24) is 9.88 Å². The number of nitrogens with zero attached hydrogens (tertiary/aromatic N) is 1. The van der Waals surface area contributed by atoms with E-state index in [2.05, 4.69) is 35.6 Å². The van der Waals surface area contributed by atoms with Crippen molar-refractivity contribution in [3.63, 3.8) is 0 Å². The predicted octanol–water partition coefficient (Wildman–Crippen LogP) is 5.46. The lowest BCUT2D eigenvalue weighted by atomic mass is 10.2. The normalized spacial score (nSPS) is 11.4. The Kier molecular flexibility index (Phi) is 6.19. The highest BCUT2D eigenvalue weighted by Crippen LogP contribution is 2.46. The molecule has 34 heavy (non-hydrogen) atoms. The van der Waals surface area contributed by atoms with Gasteiger partial charge in [0.25, 0.3) is 0 Å². The summed E-state index contributed by atoms with van der Waals surface area (Å²) in [5.74, 6) is 0. The Labute approximate surface area is 205 Å². The number of rotatable bonds is 5. The lowest BCUT2D eigenvalue weighted by Crippen LogP contribution is -2.31. The van der Waals surface area contributed by atoms with Crippen molar-refractivity contribution in [1.29, 1.82) is 0 Å². The summed E-state index contributed by atoms with van der Waals surface area (Å²) >= 11 is 6.62. The fourth-order valence-corrected chi connectivity index (χ4v) is 9.05. The molecule has 0 spiro atoms. The molecule has 4 aromatic carbocycles. The number of hydrogen-bond donors (Lipinski definition) is 1. The van der Waals surface area contributed by atoms with Gasteiger partial charge in [0.2, 0.25) is 0 Å². The van der Waals surface area contributed by atoms with Crippen molar-refractivity contribution in [3.05, 3.63) is 127 Å². The average molecular weight is 481 g/mol. The van der Waals surface area contributed by atoms with Crippen molar-refractivity contribution in [2.24, 2.45) is 0 Å². The summed E-state index contributed by atoms with van der Waals surface area (Å²) in [7, 11) is 0. The predicted molar refractivity (Wildman–Crippen MR) is 147 cm³/mol. The zero-order valence-electron chi connectivity index (χ0n) is 18.9. The molecule has 1 amide bonds. The zero-order chi connectivity index (χ0) is 23.5. The Morgan fingerprint density at radius 2 is 1.26 bits per heavy atom. The van der Waals surface area contributed by atoms with Crippen LogP contribution in [-0.4, -0.2) is 10.6 Å². The first-order valence-electron chi connectivity index (χ1n) is 11.2. The number of carbonyl (C=O) groups is 1. The largest absolute Gasteiger partial charge is 0.333 e. The van der Waals surface area contributed by atoms with E-state index in [0.717, 1.165) is 38.1 Å². The van der Waals surface area contributed by atoms with Crippen LogP contribution in [0, 0.1) is 6.92 Å². The minimum absolute atomic E-state index is 0.147. The van der Waals surface area contributed by atoms with E-state index in [1.54, 1.807) is 4.57 Å². The SMILES string of the molecule is Cc1c(P(=S)(c2ccccc2)c2ccccc2)c2ccccc2n1C(=O)NCc1ccccc1. The number of aromatic nitrogens is 1. The second-order valence-corrected chi connectivity index (χ2v) is 12.6. The van der Waals surface area contributed by atoms with Gasteiger partial charge in [-0.3, -0.25) is 4.57 Å². The lowest BCUT2D eigenvalue weighted by molar-refractivity contribution is 0.242. The van der Waals surface area contributed by atoms with E-state index >= 15 is 0 Å². The quantitative estimate of drug-likeness (QED) is 0.339. The van der Waals surface area contributed by atoms with Crippen LogP contribution in [0.4, 0.5) is 4.79 Å². The first-order valence-corrected chi connectivity index (χ1v) is 14.0. The summed E-state index contributed by atoms with van der Waals surface area (Å²) in [6.07, 6.45) is 0. The number of para-hydroxylation sites is 1. The number of amides is 1. The molecule has 0 aliphatic heterocycles. The summed E-state index contributed by atoms with van der Waals surface area (Å²) in [5.41, 5.74) is 2.83. The monoisotopic (exact) mass is 480 g/mol. The molecule has 0 atom stereocenters. The molecule has 3 nitrogen and oxygen atoms in total. The molecule has 0 fully saturated rings. The van der Waals surface area contributed by atoms with Gasteiger partial charge < -0.3 is 5.32 Å². The van der Waals surface area contributed by atoms with Gasteiger partial charge in [-0.25, -0.2) is 4.79 Å². The van der Waals surface area contributed by atoms with Crippen LogP contribution in [0.15, 0.2) is 115 Å². The highest BCUT2D eigenvalue weighted by Gasteiger charge is 2.32. The van der Waals surface area contributed by atoms with Gasteiger partial charge in [-0.2, -0.15) is 0 Å². The second kappa shape index (κ2) is 9.42. The van der Waals surface area contributed by atoms with Crippen LogP contribution >= 0.6 is 6.04 Å². The van der Waals surface area contributed by atoms with Gasteiger partial charge in [-0.05, 0) is 29.2 Å². The molecular formula is C29H25N2OPS. The number of benzene rings is 4. The summed E-state index contributed by atoms with van der Waals surface area (Å²) < 4.78 is 1.79. The van der Waals surface area contributed by atoms with Crippen LogP contribution in [0.3, 0.4) is 0 Å². The molecule has 0 aliphatic carbocycles. The van der Waals surface area contributed by atoms with Gasteiger partial charge in [0.1, 0.15) is 0 Å². The van der Waals surface area contributed by atoms with Gasteiger partial charge in [0.05, 0.1) is 5.52 Å². The standard InChI is InChI=1S/C29H25N2OPS/c1-22-28(33(34,24-15-7-3-8-16-24)25-17-9-4-10-18-25)26-19-11-12-20-27(26)31(22)29(32)30-21-23-13-5-2-6-14-23/h2-20H,21H2,1H3,(H,30,32). The minimum Gasteiger partial charge on any atom is -0.333 e. The molecular weight excluding hydrogens is 455 g/mol. The summed E-state index contributed by atoms with van der Waals surface area (Å²) in [6.45, 7) is 2.48. The summed E-state index contributed by atoms with van der Waals surface area (Å²) in [6, 6.07) is 36.1. The molecule has 5 aromatic rings. The molecule has 1 aromatic heterocycles. The van der Waals surface area contributed by atoms with E-state index in [1.165, 1.54) is 0 Å². The summed E-state index contributed by atoms with van der Waals surface area (Å²) in [4.78, 5) is 13.5. The molecule has 0 radical (unpaired) electrons. The fourth-order valence-electron chi connectivity index (χ4n) is 4.55. The van der Waals surface area contributed by atoms with E-state index < -0.39 is 6.04 Å².